The Hall–Kier alpha value is -1.84. The first kappa shape index (κ1) is 18.2. The minimum atomic E-state index is -0.830. The summed E-state index contributed by atoms with van der Waals surface area (Å²) in [7, 11) is 0. The van der Waals surface area contributed by atoms with Crippen LogP contribution in [0.2, 0.25) is 0 Å². The Kier molecular flexibility index (Phi) is 6.15. The SMILES string of the molecule is CCCC(=O)Oc1ccc(C(CC)C(=O)O)c(C(C)(C)C)c1. The number of aliphatic carboxylic acids is 1. The van der Waals surface area contributed by atoms with Gasteiger partial charge >= 0.3 is 11.9 Å². The van der Waals surface area contributed by atoms with Gasteiger partial charge in [-0.25, -0.2) is 0 Å². The van der Waals surface area contributed by atoms with Crippen molar-refractivity contribution in [3.05, 3.63) is 29.3 Å². The maximum Gasteiger partial charge on any atom is 0.311 e. The summed E-state index contributed by atoms with van der Waals surface area (Å²) in [6.07, 6.45) is 1.63. The van der Waals surface area contributed by atoms with E-state index in [-0.39, 0.29) is 11.4 Å². The molecule has 0 spiro atoms. The van der Waals surface area contributed by atoms with E-state index in [2.05, 4.69) is 0 Å². The third-order valence-electron chi connectivity index (χ3n) is 3.60. The number of carboxylic acid groups (broad SMARTS) is 1. The van der Waals surface area contributed by atoms with Crippen LogP contribution in [0.25, 0.3) is 0 Å². The maximum absolute atomic E-state index is 11.6. The summed E-state index contributed by atoms with van der Waals surface area (Å²) in [6.45, 7) is 9.86. The first-order valence-corrected chi connectivity index (χ1v) is 7.78. The van der Waals surface area contributed by atoms with Crippen LogP contribution in [0.15, 0.2) is 18.2 Å². The lowest BCUT2D eigenvalue weighted by atomic mass is 9.79. The molecule has 0 radical (unpaired) electrons. The summed E-state index contributed by atoms with van der Waals surface area (Å²) < 4.78 is 5.33. The Morgan fingerprint density at radius 2 is 1.86 bits per heavy atom. The van der Waals surface area contributed by atoms with Crippen LogP contribution in [0, 0.1) is 0 Å². The second kappa shape index (κ2) is 7.43. The lowest BCUT2D eigenvalue weighted by molar-refractivity contribution is -0.139. The van der Waals surface area contributed by atoms with E-state index in [1.54, 1.807) is 18.2 Å². The summed E-state index contributed by atoms with van der Waals surface area (Å²) >= 11 is 0. The number of benzene rings is 1. The fourth-order valence-corrected chi connectivity index (χ4v) is 2.47. The predicted molar refractivity (Wildman–Crippen MR) is 86.4 cm³/mol. The van der Waals surface area contributed by atoms with Gasteiger partial charge in [0.15, 0.2) is 0 Å². The van der Waals surface area contributed by atoms with Gasteiger partial charge in [-0.15, -0.1) is 0 Å². The molecule has 4 nitrogen and oxygen atoms in total. The highest BCUT2D eigenvalue weighted by Crippen LogP contribution is 2.35. The molecule has 0 heterocycles. The second-order valence-corrected chi connectivity index (χ2v) is 6.52. The summed E-state index contributed by atoms with van der Waals surface area (Å²) in [6, 6.07) is 5.26. The molecule has 0 aliphatic rings. The zero-order valence-corrected chi connectivity index (χ0v) is 14.1. The number of hydrogen-bond acceptors (Lipinski definition) is 3. The molecule has 1 aromatic rings. The fourth-order valence-electron chi connectivity index (χ4n) is 2.47. The van der Waals surface area contributed by atoms with E-state index >= 15 is 0 Å². The van der Waals surface area contributed by atoms with Crippen LogP contribution in [0.5, 0.6) is 5.75 Å². The van der Waals surface area contributed by atoms with Crippen molar-refractivity contribution in [1.29, 1.82) is 0 Å². The van der Waals surface area contributed by atoms with Crippen molar-refractivity contribution in [3.8, 4) is 5.75 Å². The summed E-state index contributed by atoms with van der Waals surface area (Å²) in [4.78, 5) is 23.1. The van der Waals surface area contributed by atoms with E-state index < -0.39 is 11.9 Å². The van der Waals surface area contributed by atoms with Crippen LogP contribution in [-0.2, 0) is 15.0 Å². The van der Waals surface area contributed by atoms with Crippen molar-refractivity contribution in [3.63, 3.8) is 0 Å². The minimum Gasteiger partial charge on any atom is -0.481 e. The number of esters is 1. The quantitative estimate of drug-likeness (QED) is 0.630. The predicted octanol–water partition coefficient (Wildman–Crippen LogP) is 4.27. The Morgan fingerprint density at radius 3 is 2.32 bits per heavy atom. The monoisotopic (exact) mass is 306 g/mol. The molecule has 0 saturated carbocycles. The molecule has 4 heteroatoms. The second-order valence-electron chi connectivity index (χ2n) is 6.52. The summed E-state index contributed by atoms with van der Waals surface area (Å²) in [5, 5.41) is 9.42. The van der Waals surface area contributed by atoms with Crippen molar-refractivity contribution in [2.75, 3.05) is 0 Å². The van der Waals surface area contributed by atoms with Gasteiger partial charge in [-0.3, -0.25) is 9.59 Å². The third-order valence-corrected chi connectivity index (χ3v) is 3.60. The first-order chi connectivity index (χ1) is 10.2. The molecule has 122 valence electrons. The highest BCUT2D eigenvalue weighted by atomic mass is 16.5. The highest BCUT2D eigenvalue weighted by molar-refractivity contribution is 5.77. The molecule has 0 saturated heterocycles. The van der Waals surface area contributed by atoms with E-state index in [1.165, 1.54) is 0 Å². The average Bonchev–Trinajstić information content (AvgIpc) is 2.39. The minimum absolute atomic E-state index is 0.231. The van der Waals surface area contributed by atoms with Crippen LogP contribution in [0.4, 0.5) is 0 Å². The van der Waals surface area contributed by atoms with Gasteiger partial charge in [-0.2, -0.15) is 0 Å². The van der Waals surface area contributed by atoms with E-state index in [4.69, 9.17) is 4.74 Å². The highest BCUT2D eigenvalue weighted by Gasteiger charge is 2.27. The van der Waals surface area contributed by atoms with E-state index in [0.717, 1.165) is 17.5 Å². The molecular weight excluding hydrogens is 280 g/mol. The molecule has 22 heavy (non-hydrogen) atoms. The topological polar surface area (TPSA) is 63.6 Å². The molecule has 1 aromatic carbocycles. The third kappa shape index (κ3) is 4.58. The Morgan fingerprint density at radius 1 is 1.23 bits per heavy atom. The van der Waals surface area contributed by atoms with Crippen LogP contribution in [0.1, 0.15) is 70.9 Å². The van der Waals surface area contributed by atoms with Crippen LogP contribution >= 0.6 is 0 Å². The van der Waals surface area contributed by atoms with E-state index in [0.29, 0.717) is 18.6 Å². The largest absolute Gasteiger partial charge is 0.481 e. The number of carbonyl (C=O) groups excluding carboxylic acids is 1. The number of hydrogen-bond donors (Lipinski definition) is 1. The van der Waals surface area contributed by atoms with Gasteiger partial charge in [0.05, 0.1) is 5.92 Å². The normalized spacial score (nSPS) is 12.8. The van der Waals surface area contributed by atoms with Crippen molar-refractivity contribution in [1.82, 2.24) is 0 Å². The summed E-state index contributed by atoms with van der Waals surface area (Å²) in [5.74, 6) is -1.16. The Balaban J connectivity index is 3.25. The zero-order valence-electron chi connectivity index (χ0n) is 14.1. The molecule has 0 amide bonds. The molecule has 0 fully saturated rings. The lowest BCUT2D eigenvalue weighted by Gasteiger charge is -2.26. The standard InChI is InChI=1S/C18H26O4/c1-6-8-16(19)22-12-9-10-14(13(7-2)17(20)21)15(11-12)18(3,4)5/h9-11,13H,6-8H2,1-5H3,(H,20,21). The average molecular weight is 306 g/mol. The molecule has 1 atom stereocenters. The van der Waals surface area contributed by atoms with Crippen molar-refractivity contribution in [2.24, 2.45) is 0 Å². The first-order valence-electron chi connectivity index (χ1n) is 7.78. The molecule has 0 aromatic heterocycles. The van der Waals surface area contributed by atoms with Crippen molar-refractivity contribution < 1.29 is 19.4 Å². The molecule has 1 N–H and O–H groups in total. The number of rotatable bonds is 6. The Labute approximate surface area is 132 Å². The van der Waals surface area contributed by atoms with E-state index in [9.17, 15) is 14.7 Å². The smallest absolute Gasteiger partial charge is 0.311 e. The van der Waals surface area contributed by atoms with Gasteiger partial charge < -0.3 is 9.84 Å². The van der Waals surface area contributed by atoms with Gasteiger partial charge in [0.1, 0.15) is 5.75 Å². The van der Waals surface area contributed by atoms with Crippen molar-refractivity contribution >= 4 is 11.9 Å². The van der Waals surface area contributed by atoms with Crippen LogP contribution in [-0.4, -0.2) is 17.0 Å². The molecule has 1 rings (SSSR count). The number of ether oxygens (including phenoxy) is 1. The van der Waals surface area contributed by atoms with Gasteiger partial charge in [0.25, 0.3) is 0 Å². The van der Waals surface area contributed by atoms with E-state index in [1.807, 2.05) is 34.6 Å². The van der Waals surface area contributed by atoms with Gasteiger partial charge in [0, 0.05) is 6.42 Å². The molecule has 0 aliphatic carbocycles. The van der Waals surface area contributed by atoms with Crippen molar-refractivity contribution in [2.45, 2.75) is 65.2 Å². The maximum atomic E-state index is 11.6. The Bertz CT molecular complexity index is 541. The molecule has 0 aliphatic heterocycles. The number of carboxylic acids is 1. The summed E-state index contributed by atoms with van der Waals surface area (Å²) in [5.41, 5.74) is 1.46. The van der Waals surface area contributed by atoms with Gasteiger partial charge in [-0.05, 0) is 41.5 Å². The zero-order chi connectivity index (χ0) is 16.9. The number of carbonyl (C=O) groups is 2. The van der Waals surface area contributed by atoms with Crippen LogP contribution < -0.4 is 4.74 Å². The lowest BCUT2D eigenvalue weighted by Crippen LogP contribution is -2.20. The van der Waals surface area contributed by atoms with Gasteiger partial charge in [-0.1, -0.05) is 40.7 Å². The molecular formula is C18H26O4. The fraction of sp³-hybridized carbons (Fsp3) is 0.556. The molecule has 0 bridgehead atoms. The van der Waals surface area contributed by atoms with Gasteiger partial charge in [0.2, 0.25) is 0 Å². The molecule has 1 unspecified atom stereocenters. The van der Waals surface area contributed by atoms with Crippen LogP contribution in [0.3, 0.4) is 0 Å².